The predicted molar refractivity (Wildman–Crippen MR) is 141 cm³/mol. The number of fused-ring (bicyclic) bond motifs is 1. The maximum atomic E-state index is 12.4. The summed E-state index contributed by atoms with van der Waals surface area (Å²) >= 11 is 18.9. The van der Waals surface area contributed by atoms with Gasteiger partial charge in [-0.2, -0.15) is 5.10 Å². The first kappa shape index (κ1) is 25.2. The molecule has 4 aromatic rings. The number of amides is 1. The number of benzene rings is 3. The molecule has 1 heterocycles. The van der Waals surface area contributed by atoms with Gasteiger partial charge in [0.25, 0.3) is 5.69 Å². The minimum atomic E-state index is -0.597. The number of halogens is 4. The number of non-ortho nitro benzene ring substituents is 1. The first-order valence-corrected chi connectivity index (χ1v) is 12.1. The molecular weight excluding hydrogens is 629 g/mol. The van der Waals surface area contributed by atoms with Crippen LogP contribution in [0.4, 0.5) is 5.69 Å². The summed E-state index contributed by atoms with van der Waals surface area (Å²) in [4.78, 5) is 22.8. The Balaban J connectivity index is 1.41. The van der Waals surface area contributed by atoms with Crippen LogP contribution in [0.3, 0.4) is 0 Å². The molecule has 0 aliphatic rings. The van der Waals surface area contributed by atoms with Gasteiger partial charge in [0.2, 0.25) is 0 Å². The van der Waals surface area contributed by atoms with E-state index < -0.39 is 10.8 Å². The van der Waals surface area contributed by atoms with Crippen molar-refractivity contribution in [1.82, 2.24) is 5.43 Å². The van der Waals surface area contributed by atoms with Gasteiger partial charge in [0, 0.05) is 17.5 Å². The summed E-state index contributed by atoms with van der Waals surface area (Å²) in [6, 6.07) is 14.3. The number of hydrazone groups is 1. The van der Waals surface area contributed by atoms with Crippen molar-refractivity contribution in [2.45, 2.75) is 6.61 Å². The van der Waals surface area contributed by atoms with Crippen molar-refractivity contribution >= 4 is 83.8 Å². The zero-order valence-electron chi connectivity index (χ0n) is 17.4. The fourth-order valence-corrected chi connectivity index (χ4v) is 4.83. The molecule has 3 aromatic carbocycles. The summed E-state index contributed by atoms with van der Waals surface area (Å²) in [5, 5.41) is 16.2. The van der Waals surface area contributed by atoms with Crippen molar-refractivity contribution in [3.63, 3.8) is 0 Å². The van der Waals surface area contributed by atoms with E-state index in [-0.39, 0.29) is 18.1 Å². The molecule has 0 aliphatic carbocycles. The van der Waals surface area contributed by atoms with Gasteiger partial charge in [-0.1, -0.05) is 29.3 Å². The Morgan fingerprint density at radius 2 is 1.83 bits per heavy atom. The molecule has 0 fully saturated rings. The molecule has 0 atom stereocenters. The molecule has 4 rings (SSSR count). The summed E-state index contributed by atoms with van der Waals surface area (Å²) in [6.45, 7) is 0.276. The molecule has 35 heavy (non-hydrogen) atoms. The molecular formula is C23H13Br2Cl2N3O5. The number of nitrogens with zero attached hydrogens (tertiary/aromatic N) is 2. The Kier molecular flexibility index (Phi) is 7.75. The van der Waals surface area contributed by atoms with Gasteiger partial charge in [-0.3, -0.25) is 14.9 Å². The fraction of sp³-hybridized carbons (Fsp3) is 0.0435. The second kappa shape index (κ2) is 10.8. The summed E-state index contributed by atoms with van der Waals surface area (Å²) in [5.74, 6) is -0.0421. The maximum Gasteiger partial charge on any atom is 0.307 e. The van der Waals surface area contributed by atoms with Crippen molar-refractivity contribution in [1.29, 1.82) is 0 Å². The monoisotopic (exact) mass is 639 g/mol. The minimum absolute atomic E-state index is 0.0222. The average Bonchev–Trinajstić information content (AvgIpc) is 3.24. The van der Waals surface area contributed by atoms with E-state index in [9.17, 15) is 14.9 Å². The van der Waals surface area contributed by atoms with Crippen LogP contribution in [-0.4, -0.2) is 17.0 Å². The van der Waals surface area contributed by atoms with E-state index in [0.29, 0.717) is 41.3 Å². The topological polar surface area (TPSA) is 107 Å². The van der Waals surface area contributed by atoms with Crippen LogP contribution in [0.25, 0.3) is 11.0 Å². The van der Waals surface area contributed by atoms with E-state index in [1.807, 2.05) is 6.07 Å². The maximum absolute atomic E-state index is 12.4. The molecule has 12 heteroatoms. The second-order valence-corrected chi connectivity index (χ2v) is 9.66. The van der Waals surface area contributed by atoms with E-state index in [1.165, 1.54) is 30.5 Å². The number of carbonyl (C=O) groups is 1. The minimum Gasteiger partial charge on any atom is -0.487 e. The van der Waals surface area contributed by atoms with E-state index in [2.05, 4.69) is 42.4 Å². The predicted octanol–water partition coefficient (Wildman–Crippen LogP) is 7.52. The van der Waals surface area contributed by atoms with Crippen molar-refractivity contribution < 1.29 is 18.9 Å². The number of nitro benzene ring substituents is 1. The molecule has 0 saturated heterocycles. The largest absolute Gasteiger partial charge is 0.487 e. The molecule has 178 valence electrons. The summed E-state index contributed by atoms with van der Waals surface area (Å²) in [5.41, 5.74) is 4.16. The summed E-state index contributed by atoms with van der Waals surface area (Å²) < 4.78 is 12.7. The lowest BCUT2D eigenvalue weighted by atomic mass is 10.2. The van der Waals surface area contributed by atoms with E-state index >= 15 is 0 Å². The molecule has 0 radical (unpaired) electrons. The van der Waals surface area contributed by atoms with E-state index in [4.69, 9.17) is 32.4 Å². The van der Waals surface area contributed by atoms with Crippen LogP contribution in [0.1, 0.15) is 21.7 Å². The first-order valence-electron chi connectivity index (χ1n) is 9.78. The highest BCUT2D eigenvalue weighted by Crippen LogP contribution is 2.35. The number of nitro groups is 1. The van der Waals surface area contributed by atoms with Crippen LogP contribution in [0.2, 0.25) is 10.0 Å². The Hall–Kier alpha value is -2.92. The Bertz CT molecular complexity index is 1470. The number of carbonyl (C=O) groups excluding carboxylic acids is 1. The van der Waals surface area contributed by atoms with Gasteiger partial charge in [0.05, 0.1) is 30.1 Å². The van der Waals surface area contributed by atoms with Crippen molar-refractivity contribution in [2.75, 3.05) is 0 Å². The lowest BCUT2D eigenvalue weighted by Gasteiger charge is -2.12. The van der Waals surface area contributed by atoms with Gasteiger partial charge in [0.1, 0.15) is 17.9 Å². The van der Waals surface area contributed by atoms with Gasteiger partial charge in [0.15, 0.2) is 5.76 Å². The number of hydrogen-bond acceptors (Lipinski definition) is 6. The lowest BCUT2D eigenvalue weighted by Crippen LogP contribution is -2.16. The SMILES string of the molecule is O=C(N/N=C/c1cc(Br)c(OCc2ccc(Cl)c(Cl)c2)c(Br)c1)c1cc2cc([N+](=O)[O-])ccc2o1. The molecule has 0 spiro atoms. The summed E-state index contributed by atoms with van der Waals surface area (Å²) in [7, 11) is 0. The number of ether oxygens (including phenoxy) is 1. The number of furan rings is 1. The molecule has 0 aliphatic heterocycles. The number of hydrogen-bond donors (Lipinski definition) is 1. The third kappa shape index (κ3) is 6.02. The molecule has 0 unspecified atom stereocenters. The zero-order valence-corrected chi connectivity index (χ0v) is 22.1. The molecule has 1 aromatic heterocycles. The molecule has 8 nitrogen and oxygen atoms in total. The van der Waals surface area contributed by atoms with Crippen LogP contribution in [0, 0.1) is 10.1 Å². The molecule has 1 N–H and O–H groups in total. The molecule has 0 saturated carbocycles. The van der Waals surface area contributed by atoms with Crippen molar-refractivity contribution in [3.8, 4) is 5.75 Å². The van der Waals surface area contributed by atoms with Crippen LogP contribution in [-0.2, 0) is 6.61 Å². The van der Waals surface area contributed by atoms with Crippen LogP contribution >= 0.6 is 55.1 Å². The number of rotatable bonds is 7. The smallest absolute Gasteiger partial charge is 0.307 e. The van der Waals surface area contributed by atoms with Gasteiger partial charge in [-0.15, -0.1) is 0 Å². The lowest BCUT2D eigenvalue weighted by molar-refractivity contribution is -0.384. The zero-order chi connectivity index (χ0) is 25.1. The van der Waals surface area contributed by atoms with E-state index in [0.717, 1.165) is 5.56 Å². The van der Waals surface area contributed by atoms with Gasteiger partial charge >= 0.3 is 5.91 Å². The van der Waals surface area contributed by atoms with Crippen molar-refractivity contribution in [3.05, 3.63) is 101 Å². The average molecular weight is 642 g/mol. The van der Waals surface area contributed by atoms with Crippen LogP contribution < -0.4 is 10.2 Å². The third-order valence-corrected chi connectivity index (χ3v) is 6.62. The van der Waals surface area contributed by atoms with Crippen molar-refractivity contribution in [2.24, 2.45) is 5.10 Å². The van der Waals surface area contributed by atoms with Gasteiger partial charge in [-0.05, 0) is 79.4 Å². The fourth-order valence-electron chi connectivity index (χ4n) is 3.05. The van der Waals surface area contributed by atoms with Crippen LogP contribution in [0.5, 0.6) is 5.75 Å². The Morgan fingerprint density at radius 3 is 2.51 bits per heavy atom. The molecule has 1 amide bonds. The number of nitrogens with one attached hydrogen (secondary N) is 1. The molecule has 0 bridgehead atoms. The highest BCUT2D eigenvalue weighted by molar-refractivity contribution is 9.11. The standard InChI is InChI=1S/C23H13Br2Cl2N3O5/c24-16-5-13(6-17(25)22(16)34-11-12-1-3-18(26)19(27)7-12)10-28-29-23(31)21-9-14-8-15(30(32)33)2-4-20(14)35-21/h1-10H,11H2,(H,29,31)/b28-10+. The normalized spacial score (nSPS) is 11.2. The first-order chi connectivity index (χ1) is 16.7. The van der Waals surface area contributed by atoms with Gasteiger partial charge < -0.3 is 9.15 Å². The summed E-state index contributed by atoms with van der Waals surface area (Å²) in [6.07, 6.45) is 1.45. The Labute approximate surface area is 225 Å². The van der Waals surface area contributed by atoms with Gasteiger partial charge in [-0.25, -0.2) is 5.43 Å². The van der Waals surface area contributed by atoms with Crippen LogP contribution in [0.15, 0.2) is 73.1 Å². The quantitative estimate of drug-likeness (QED) is 0.128. The third-order valence-electron chi connectivity index (χ3n) is 4.70. The highest BCUT2D eigenvalue weighted by Gasteiger charge is 2.15. The Morgan fingerprint density at radius 1 is 1.09 bits per heavy atom. The highest BCUT2D eigenvalue weighted by atomic mass is 79.9. The van der Waals surface area contributed by atoms with E-state index in [1.54, 1.807) is 24.3 Å². The second-order valence-electron chi connectivity index (χ2n) is 7.14.